The van der Waals surface area contributed by atoms with Crippen molar-refractivity contribution in [2.45, 2.75) is 52.4 Å². The Morgan fingerprint density at radius 2 is 0.979 bits per heavy atom. The van der Waals surface area contributed by atoms with Crippen LogP contribution in [0.15, 0.2) is 133 Å². The van der Waals surface area contributed by atoms with Crippen molar-refractivity contribution in [1.29, 1.82) is 0 Å². The van der Waals surface area contributed by atoms with Gasteiger partial charge in [-0.1, -0.05) is 157 Å². The number of para-hydroxylation sites is 1. The van der Waals surface area contributed by atoms with E-state index in [0.29, 0.717) is 0 Å². The molecule has 0 saturated heterocycles. The molecule has 0 aliphatic heterocycles. The molecule has 48 heavy (non-hydrogen) atoms. The van der Waals surface area contributed by atoms with Crippen LogP contribution in [-0.2, 0) is 10.8 Å². The van der Waals surface area contributed by atoms with E-state index in [1.165, 1.54) is 11.1 Å². The highest BCUT2D eigenvalue weighted by Crippen LogP contribution is 2.40. The number of H-pyrrole nitrogens is 1. The van der Waals surface area contributed by atoms with E-state index in [1.807, 2.05) is 24.3 Å². The van der Waals surface area contributed by atoms with Crippen molar-refractivity contribution in [1.82, 2.24) is 25.0 Å². The van der Waals surface area contributed by atoms with Crippen LogP contribution in [0.3, 0.4) is 0 Å². The molecule has 2 aromatic heterocycles. The largest absolute Gasteiger partial charge is 0.277 e. The molecule has 0 spiro atoms. The van der Waals surface area contributed by atoms with Crippen molar-refractivity contribution in [3.63, 3.8) is 0 Å². The molecular weight excluding hydrogens is 587 g/mol. The van der Waals surface area contributed by atoms with Crippen molar-refractivity contribution >= 4 is 0 Å². The second kappa shape index (κ2) is 12.2. The smallest absolute Gasteiger partial charge is 0.168 e. The molecule has 0 atom stereocenters. The first-order valence-electron chi connectivity index (χ1n) is 16.6. The molecule has 5 nitrogen and oxygen atoms in total. The maximum absolute atomic E-state index is 4.91. The third-order valence-electron chi connectivity index (χ3n) is 8.95. The van der Waals surface area contributed by atoms with Gasteiger partial charge in [0.25, 0.3) is 0 Å². The Morgan fingerprint density at radius 3 is 1.56 bits per heavy atom. The first-order valence-corrected chi connectivity index (χ1v) is 16.6. The summed E-state index contributed by atoms with van der Waals surface area (Å²) in [5.74, 6) is 1.58. The molecule has 0 amide bonds. The van der Waals surface area contributed by atoms with Crippen LogP contribution in [0.5, 0.6) is 0 Å². The molecule has 0 aliphatic carbocycles. The van der Waals surface area contributed by atoms with Gasteiger partial charge >= 0.3 is 0 Å². The van der Waals surface area contributed by atoms with E-state index in [2.05, 4.69) is 160 Å². The molecule has 0 fully saturated rings. The number of aromatic nitrogens is 5. The SMILES string of the molecule is CC(C)(C)c1ccc(-c2n[nH]c(-c3cccc(-c4nnc(-c5ccc(C(C)(C)C)cc5)n4-c4ccccc4)c3)c2-c2ccccc2)cc1. The summed E-state index contributed by atoms with van der Waals surface area (Å²) >= 11 is 0. The van der Waals surface area contributed by atoms with Gasteiger partial charge in [0, 0.05) is 33.5 Å². The highest BCUT2D eigenvalue weighted by atomic mass is 15.3. The second-order valence-corrected chi connectivity index (χ2v) is 14.4. The van der Waals surface area contributed by atoms with Crippen molar-refractivity contribution in [2.75, 3.05) is 0 Å². The monoisotopic (exact) mass is 627 g/mol. The lowest BCUT2D eigenvalue weighted by Gasteiger charge is -2.19. The number of nitrogens with one attached hydrogen (secondary N) is 1. The van der Waals surface area contributed by atoms with E-state index >= 15 is 0 Å². The van der Waals surface area contributed by atoms with E-state index in [9.17, 15) is 0 Å². The summed E-state index contributed by atoms with van der Waals surface area (Å²) in [6.07, 6.45) is 0. The zero-order valence-corrected chi connectivity index (χ0v) is 28.5. The molecular formula is C43H41N5. The van der Waals surface area contributed by atoms with Gasteiger partial charge in [-0.05, 0) is 45.7 Å². The van der Waals surface area contributed by atoms with Gasteiger partial charge in [-0.2, -0.15) is 5.10 Å². The molecule has 5 heteroatoms. The maximum Gasteiger partial charge on any atom is 0.168 e. The van der Waals surface area contributed by atoms with Crippen LogP contribution >= 0.6 is 0 Å². The fourth-order valence-corrected chi connectivity index (χ4v) is 6.19. The summed E-state index contributed by atoms with van der Waals surface area (Å²) in [6, 6.07) is 46.8. The Hall–Kier alpha value is -5.55. The Morgan fingerprint density at radius 1 is 0.479 bits per heavy atom. The third kappa shape index (κ3) is 6.00. The zero-order valence-electron chi connectivity index (χ0n) is 28.5. The first-order chi connectivity index (χ1) is 23.1. The van der Waals surface area contributed by atoms with Crippen molar-refractivity contribution in [2.24, 2.45) is 0 Å². The fraction of sp³-hybridized carbons (Fsp3) is 0.186. The standard InChI is InChI=1S/C43H41N5/c1-42(2,3)34-24-20-30(21-25-34)38-37(29-14-9-7-10-15-29)39(45-44-38)32-16-13-17-33(28-32)41-47-46-40(48(41)36-18-11-8-12-19-36)31-22-26-35(27-23-31)43(4,5)6/h7-28H,1-6H3,(H,44,45). The van der Waals surface area contributed by atoms with Gasteiger partial charge in [-0.25, -0.2) is 0 Å². The molecule has 2 heterocycles. The molecule has 238 valence electrons. The van der Waals surface area contributed by atoms with E-state index < -0.39 is 0 Å². The van der Waals surface area contributed by atoms with Gasteiger partial charge < -0.3 is 0 Å². The van der Waals surface area contributed by atoms with Crippen molar-refractivity contribution < 1.29 is 0 Å². The number of benzene rings is 5. The van der Waals surface area contributed by atoms with Crippen molar-refractivity contribution in [3.05, 3.63) is 145 Å². The summed E-state index contributed by atoms with van der Waals surface area (Å²) in [5, 5.41) is 17.9. The zero-order chi connectivity index (χ0) is 33.5. The fourth-order valence-electron chi connectivity index (χ4n) is 6.19. The van der Waals surface area contributed by atoms with E-state index in [1.54, 1.807) is 0 Å². The van der Waals surface area contributed by atoms with Gasteiger partial charge in [0.05, 0.1) is 5.69 Å². The first kappa shape index (κ1) is 31.1. The Labute approximate surface area is 283 Å². The Balaban J connectivity index is 1.35. The molecule has 0 radical (unpaired) electrons. The normalized spacial score (nSPS) is 12.0. The molecule has 7 rings (SSSR count). The van der Waals surface area contributed by atoms with Crippen molar-refractivity contribution in [3.8, 4) is 62.1 Å². The number of nitrogens with zero attached hydrogens (tertiary/aromatic N) is 4. The topological polar surface area (TPSA) is 59.4 Å². The lowest BCUT2D eigenvalue weighted by atomic mass is 9.86. The number of rotatable bonds is 6. The highest BCUT2D eigenvalue weighted by Gasteiger charge is 2.22. The van der Waals surface area contributed by atoms with Gasteiger partial charge in [0.15, 0.2) is 11.6 Å². The average Bonchev–Trinajstić information content (AvgIpc) is 3.74. The van der Waals surface area contributed by atoms with Gasteiger partial charge in [-0.3, -0.25) is 9.67 Å². The summed E-state index contributed by atoms with van der Waals surface area (Å²) < 4.78 is 2.15. The van der Waals surface area contributed by atoms with Crippen LogP contribution in [0.2, 0.25) is 0 Å². The molecule has 0 unspecified atom stereocenters. The number of aromatic amines is 1. The number of hydrogen-bond acceptors (Lipinski definition) is 3. The predicted molar refractivity (Wildman–Crippen MR) is 198 cm³/mol. The van der Waals surface area contributed by atoms with Crippen LogP contribution in [0.1, 0.15) is 52.7 Å². The Bertz CT molecular complexity index is 2000. The summed E-state index contributed by atoms with van der Waals surface area (Å²) in [6.45, 7) is 13.4. The van der Waals surface area contributed by atoms with E-state index in [-0.39, 0.29) is 10.8 Å². The average molecular weight is 628 g/mol. The van der Waals surface area contributed by atoms with E-state index in [4.69, 9.17) is 15.3 Å². The summed E-state index contributed by atoms with van der Waals surface area (Å²) in [5.41, 5.74) is 11.9. The molecule has 0 bridgehead atoms. The summed E-state index contributed by atoms with van der Waals surface area (Å²) in [7, 11) is 0. The lowest BCUT2D eigenvalue weighted by molar-refractivity contribution is 0.590. The van der Waals surface area contributed by atoms with E-state index in [0.717, 1.165) is 62.1 Å². The third-order valence-corrected chi connectivity index (χ3v) is 8.95. The minimum atomic E-state index is 0.0677. The van der Waals surface area contributed by atoms with Crippen LogP contribution in [0.25, 0.3) is 62.1 Å². The highest BCUT2D eigenvalue weighted by molar-refractivity contribution is 5.92. The maximum atomic E-state index is 4.91. The predicted octanol–water partition coefficient (Wildman–Crippen LogP) is 10.9. The quantitative estimate of drug-likeness (QED) is 0.200. The molecule has 0 aliphatic rings. The van der Waals surface area contributed by atoms with Gasteiger partial charge in [0.2, 0.25) is 0 Å². The summed E-state index contributed by atoms with van der Waals surface area (Å²) in [4.78, 5) is 0. The van der Waals surface area contributed by atoms with Crippen LogP contribution in [-0.4, -0.2) is 25.0 Å². The lowest BCUT2D eigenvalue weighted by Crippen LogP contribution is -2.10. The molecule has 1 N–H and O–H groups in total. The Kier molecular flexibility index (Phi) is 7.92. The second-order valence-electron chi connectivity index (χ2n) is 14.4. The number of hydrogen-bond donors (Lipinski definition) is 1. The van der Waals surface area contributed by atoms with Crippen LogP contribution < -0.4 is 0 Å². The van der Waals surface area contributed by atoms with Gasteiger partial charge in [0.1, 0.15) is 5.69 Å². The molecule has 5 aromatic carbocycles. The minimum absolute atomic E-state index is 0.0677. The molecule has 0 saturated carbocycles. The minimum Gasteiger partial charge on any atom is -0.277 e. The molecule has 7 aromatic rings. The van der Waals surface area contributed by atoms with Crippen LogP contribution in [0, 0.1) is 0 Å². The van der Waals surface area contributed by atoms with Gasteiger partial charge in [-0.15, -0.1) is 10.2 Å². The van der Waals surface area contributed by atoms with Crippen LogP contribution in [0.4, 0.5) is 0 Å².